The van der Waals surface area contributed by atoms with Crippen molar-refractivity contribution < 1.29 is 22.3 Å². The maximum atomic E-state index is 13.0. The van der Waals surface area contributed by atoms with E-state index in [0.717, 1.165) is 24.7 Å². The summed E-state index contributed by atoms with van der Waals surface area (Å²) in [5.74, 6) is 0.888. The standard InChI is InChI=1S/C23H33F2N7O3S2/c1-13-3-4-15(20(13)33)9-14(2)30-37(34,35)31-16-10-19-17(18(26)5-6-28-23(24)25)11-29-21(32(19)12-16)22-27-7-8-36-22/h5-8,13-16,20,23,26,28,30-31,33H,3-4,9-12H2,1-2H3/b6-5-,26-18?/t13?,14?,15?,16-,20?/m0/s1. The summed E-state index contributed by atoms with van der Waals surface area (Å²) >= 11 is 1.40. The molecule has 2 aliphatic heterocycles. The van der Waals surface area contributed by atoms with Crippen LogP contribution in [0.25, 0.3) is 0 Å². The van der Waals surface area contributed by atoms with Gasteiger partial charge in [0.25, 0.3) is 10.2 Å². The smallest absolute Gasteiger partial charge is 0.312 e. The van der Waals surface area contributed by atoms with Gasteiger partial charge in [0.15, 0.2) is 10.8 Å². The highest BCUT2D eigenvalue weighted by Crippen LogP contribution is 2.34. The largest absolute Gasteiger partial charge is 0.393 e. The molecule has 3 aliphatic rings. The summed E-state index contributed by atoms with van der Waals surface area (Å²) < 4.78 is 56.2. The summed E-state index contributed by atoms with van der Waals surface area (Å²) in [4.78, 5) is 10.8. The van der Waals surface area contributed by atoms with Crippen LogP contribution in [0.3, 0.4) is 0 Å². The van der Waals surface area contributed by atoms with E-state index >= 15 is 0 Å². The van der Waals surface area contributed by atoms with Crippen LogP contribution in [0.15, 0.2) is 40.1 Å². The second-order valence-corrected chi connectivity index (χ2v) is 12.2. The highest BCUT2D eigenvalue weighted by atomic mass is 32.2. The Morgan fingerprint density at radius 2 is 2.19 bits per heavy atom. The number of allylic oxidation sites excluding steroid dienone is 1. The lowest BCUT2D eigenvalue weighted by Crippen LogP contribution is -2.47. The molecule has 204 valence electrons. The van der Waals surface area contributed by atoms with Crippen LogP contribution in [0.5, 0.6) is 0 Å². The number of halogens is 2. The number of aromatic nitrogens is 1. The number of alkyl halides is 2. The van der Waals surface area contributed by atoms with Gasteiger partial charge in [-0.05, 0) is 44.1 Å². The normalized spacial score (nSPS) is 27.2. The fourth-order valence-corrected chi connectivity index (χ4v) is 7.22. The maximum Gasteiger partial charge on any atom is 0.312 e. The van der Waals surface area contributed by atoms with Gasteiger partial charge in [0.05, 0.1) is 18.4 Å². The molecule has 10 nitrogen and oxygen atoms in total. The fourth-order valence-electron chi connectivity index (χ4n) is 5.27. The first-order valence-corrected chi connectivity index (χ1v) is 14.6. The summed E-state index contributed by atoms with van der Waals surface area (Å²) in [6, 6.07) is -0.847. The van der Waals surface area contributed by atoms with Gasteiger partial charge < -0.3 is 20.7 Å². The lowest BCUT2D eigenvalue weighted by atomic mass is 9.96. The van der Waals surface area contributed by atoms with Gasteiger partial charge in [-0.1, -0.05) is 6.92 Å². The molecule has 2 fully saturated rings. The Morgan fingerprint density at radius 1 is 1.41 bits per heavy atom. The Bertz CT molecular complexity index is 1170. The molecule has 37 heavy (non-hydrogen) atoms. The quantitative estimate of drug-likeness (QED) is 0.209. The third kappa shape index (κ3) is 6.79. The molecule has 1 aromatic rings. The van der Waals surface area contributed by atoms with E-state index in [1.54, 1.807) is 13.1 Å². The van der Waals surface area contributed by atoms with Crippen molar-refractivity contribution in [3.63, 3.8) is 0 Å². The summed E-state index contributed by atoms with van der Waals surface area (Å²) in [6.45, 7) is 1.52. The van der Waals surface area contributed by atoms with Crippen molar-refractivity contribution in [2.24, 2.45) is 16.8 Å². The highest BCUT2D eigenvalue weighted by Gasteiger charge is 2.38. The van der Waals surface area contributed by atoms with E-state index in [4.69, 9.17) is 5.41 Å². The Hall–Kier alpha value is -2.26. The summed E-state index contributed by atoms with van der Waals surface area (Å²) in [5, 5.41) is 23.1. The fraction of sp³-hybridized carbons (Fsp3) is 0.609. The zero-order valence-electron chi connectivity index (χ0n) is 20.7. The summed E-state index contributed by atoms with van der Waals surface area (Å²) in [5.41, 5.74) is 1.28. The van der Waals surface area contributed by atoms with Crippen molar-refractivity contribution in [1.29, 1.82) is 5.41 Å². The molecular formula is C23H33F2N7O3S2. The minimum Gasteiger partial charge on any atom is -0.393 e. The minimum atomic E-state index is -3.86. The van der Waals surface area contributed by atoms with Gasteiger partial charge in [-0.25, -0.2) is 4.98 Å². The molecule has 0 spiro atoms. The number of nitrogens with one attached hydrogen (secondary N) is 4. The van der Waals surface area contributed by atoms with Crippen LogP contribution in [-0.4, -0.2) is 72.8 Å². The SMILES string of the molecule is CC(CC1CCC(C)C1O)NS(=O)(=O)N[C@H]1CC2=C(C(=N)/C=C\NC(F)F)CN=C(c3nccs3)N2C1. The molecule has 3 heterocycles. The monoisotopic (exact) mass is 557 g/mol. The molecular weight excluding hydrogens is 524 g/mol. The first-order valence-electron chi connectivity index (χ1n) is 12.2. The van der Waals surface area contributed by atoms with E-state index in [9.17, 15) is 22.3 Å². The van der Waals surface area contributed by atoms with Crippen LogP contribution in [-0.2, 0) is 10.2 Å². The van der Waals surface area contributed by atoms with Crippen LogP contribution in [0.1, 0.15) is 44.5 Å². The molecule has 0 radical (unpaired) electrons. The van der Waals surface area contributed by atoms with E-state index in [0.29, 0.717) is 29.3 Å². The molecule has 0 aromatic carbocycles. The van der Waals surface area contributed by atoms with Gasteiger partial charge in [0.1, 0.15) is 0 Å². The van der Waals surface area contributed by atoms with E-state index in [1.807, 2.05) is 22.5 Å². The topological polar surface area (TPSA) is 143 Å². The number of aliphatic imine (C=N–C) groups is 1. The van der Waals surface area contributed by atoms with Crippen molar-refractivity contribution in [2.75, 3.05) is 13.1 Å². The first-order chi connectivity index (χ1) is 17.5. The predicted molar refractivity (Wildman–Crippen MR) is 139 cm³/mol. The van der Waals surface area contributed by atoms with E-state index < -0.39 is 28.9 Å². The van der Waals surface area contributed by atoms with E-state index in [1.165, 1.54) is 17.4 Å². The van der Waals surface area contributed by atoms with Crippen molar-refractivity contribution in [1.82, 2.24) is 24.6 Å². The average molecular weight is 558 g/mol. The van der Waals surface area contributed by atoms with Crippen molar-refractivity contribution in [2.45, 2.75) is 64.3 Å². The third-order valence-electron chi connectivity index (χ3n) is 6.97. The zero-order valence-corrected chi connectivity index (χ0v) is 22.3. The number of hydrogen-bond acceptors (Lipinski definition) is 9. The lowest BCUT2D eigenvalue weighted by Gasteiger charge is -2.27. The van der Waals surface area contributed by atoms with Gasteiger partial charge in [-0.3, -0.25) is 4.99 Å². The number of rotatable bonds is 11. The van der Waals surface area contributed by atoms with Gasteiger partial charge in [0.2, 0.25) is 0 Å². The molecule has 14 heteroatoms. The van der Waals surface area contributed by atoms with E-state index in [-0.39, 0.29) is 36.7 Å². The minimum absolute atomic E-state index is 0.0229. The highest BCUT2D eigenvalue weighted by molar-refractivity contribution is 7.87. The maximum absolute atomic E-state index is 13.0. The average Bonchev–Trinajstić information content (AvgIpc) is 3.55. The van der Waals surface area contributed by atoms with Crippen LogP contribution < -0.4 is 14.8 Å². The molecule has 1 aromatic heterocycles. The second kappa shape index (κ2) is 11.6. The predicted octanol–water partition coefficient (Wildman–Crippen LogP) is 2.19. The van der Waals surface area contributed by atoms with Crippen molar-refractivity contribution >= 4 is 33.1 Å². The number of aliphatic hydroxyl groups excluding tert-OH is 1. The van der Waals surface area contributed by atoms with Crippen LogP contribution in [0.4, 0.5) is 8.78 Å². The Balaban J connectivity index is 1.46. The van der Waals surface area contributed by atoms with Crippen molar-refractivity contribution in [3.05, 3.63) is 40.1 Å². The van der Waals surface area contributed by atoms with Crippen LogP contribution >= 0.6 is 11.3 Å². The van der Waals surface area contributed by atoms with Gasteiger partial charge >= 0.3 is 6.55 Å². The Morgan fingerprint density at radius 3 is 2.84 bits per heavy atom. The molecule has 5 N–H and O–H groups in total. The number of hydrogen-bond donors (Lipinski definition) is 5. The van der Waals surface area contributed by atoms with Gasteiger partial charge in [0, 0.05) is 54.1 Å². The molecule has 1 saturated carbocycles. The van der Waals surface area contributed by atoms with Gasteiger partial charge in [-0.2, -0.15) is 26.6 Å². The number of fused-ring (bicyclic) bond motifs is 1. The third-order valence-corrected chi connectivity index (χ3v) is 9.10. The van der Waals surface area contributed by atoms with Gasteiger partial charge in [-0.15, -0.1) is 11.3 Å². The Kier molecular flexibility index (Phi) is 8.74. The summed E-state index contributed by atoms with van der Waals surface area (Å²) in [7, 11) is -3.86. The summed E-state index contributed by atoms with van der Waals surface area (Å²) in [6.07, 6.45) is 6.18. The number of amidine groups is 1. The molecule has 0 amide bonds. The lowest BCUT2D eigenvalue weighted by molar-refractivity contribution is 0.0908. The molecule has 5 atom stereocenters. The molecule has 1 aliphatic carbocycles. The molecule has 1 saturated heterocycles. The van der Waals surface area contributed by atoms with Crippen LogP contribution in [0, 0.1) is 17.2 Å². The zero-order chi connectivity index (χ0) is 26.7. The number of thiazole rings is 1. The van der Waals surface area contributed by atoms with Crippen LogP contribution in [0.2, 0.25) is 0 Å². The Labute approximate surface area is 219 Å². The van der Waals surface area contributed by atoms with Crippen molar-refractivity contribution in [3.8, 4) is 0 Å². The first kappa shape index (κ1) is 27.8. The number of nitrogens with zero attached hydrogens (tertiary/aromatic N) is 3. The number of aliphatic hydroxyl groups is 1. The molecule has 4 unspecified atom stereocenters. The second-order valence-electron chi connectivity index (χ2n) is 9.81. The molecule has 4 rings (SSSR count). The van der Waals surface area contributed by atoms with E-state index in [2.05, 4.69) is 19.4 Å². The molecule has 0 bridgehead atoms.